The molecule has 0 saturated carbocycles. The fraction of sp³-hybridized carbons (Fsp3) is 0.857. The van der Waals surface area contributed by atoms with Crippen LogP contribution in [0.15, 0.2) is 0 Å². The minimum absolute atomic E-state index is 0.0443. The zero-order valence-corrected chi connectivity index (χ0v) is 6.91. The molecule has 0 bridgehead atoms. The molecule has 1 fully saturated rings. The minimum atomic E-state index is -0.265. The Morgan fingerprint density at radius 1 is 1.82 bits per heavy atom. The summed E-state index contributed by atoms with van der Waals surface area (Å²) in [5.41, 5.74) is 5.63. The van der Waals surface area contributed by atoms with Crippen molar-refractivity contribution in [2.24, 2.45) is 5.73 Å². The van der Waals surface area contributed by atoms with Crippen molar-refractivity contribution in [3.05, 3.63) is 0 Å². The summed E-state index contributed by atoms with van der Waals surface area (Å²) in [4.78, 5) is 12.6. The molecule has 0 aliphatic carbocycles. The van der Waals surface area contributed by atoms with E-state index >= 15 is 0 Å². The molecule has 11 heavy (non-hydrogen) atoms. The zero-order valence-electron chi connectivity index (χ0n) is 6.91. The van der Waals surface area contributed by atoms with E-state index in [0.29, 0.717) is 0 Å². The van der Waals surface area contributed by atoms with Crippen LogP contribution in [-0.4, -0.2) is 36.7 Å². The molecular weight excluding hydrogens is 144 g/mol. The van der Waals surface area contributed by atoms with E-state index in [4.69, 9.17) is 5.73 Å². The molecule has 2 N–H and O–H groups in total. The van der Waals surface area contributed by atoms with Gasteiger partial charge in [-0.25, -0.2) is 4.79 Å². The zero-order chi connectivity index (χ0) is 8.43. The predicted molar refractivity (Wildman–Crippen MR) is 41.2 cm³/mol. The maximum absolute atomic E-state index is 11.0. The molecule has 0 spiro atoms. The fourth-order valence-corrected chi connectivity index (χ4v) is 1.30. The van der Waals surface area contributed by atoms with Gasteiger partial charge in [0.2, 0.25) is 0 Å². The molecule has 64 valence electrons. The van der Waals surface area contributed by atoms with Crippen LogP contribution in [0.4, 0.5) is 4.79 Å². The summed E-state index contributed by atoms with van der Waals surface area (Å²) in [5, 5.41) is 0. The van der Waals surface area contributed by atoms with Crippen LogP contribution in [0, 0.1) is 0 Å². The van der Waals surface area contributed by atoms with Gasteiger partial charge in [-0.05, 0) is 13.3 Å². The van der Waals surface area contributed by atoms with Crippen LogP contribution < -0.4 is 5.73 Å². The third-order valence-corrected chi connectivity index (χ3v) is 2.08. The summed E-state index contributed by atoms with van der Waals surface area (Å²) in [5.74, 6) is 0. The van der Waals surface area contributed by atoms with Gasteiger partial charge in [0.1, 0.15) is 0 Å². The van der Waals surface area contributed by atoms with Gasteiger partial charge >= 0.3 is 6.09 Å². The van der Waals surface area contributed by atoms with Gasteiger partial charge in [0, 0.05) is 12.6 Å². The second-order valence-electron chi connectivity index (χ2n) is 2.88. The quantitative estimate of drug-likeness (QED) is 0.592. The first-order chi connectivity index (χ1) is 5.16. The Kier molecular flexibility index (Phi) is 2.34. The number of carbonyl (C=O) groups is 1. The summed E-state index contributed by atoms with van der Waals surface area (Å²) < 4.78 is 4.57. The van der Waals surface area contributed by atoms with Crippen molar-refractivity contribution in [1.29, 1.82) is 0 Å². The van der Waals surface area contributed by atoms with Crippen molar-refractivity contribution in [3.8, 4) is 0 Å². The Balaban J connectivity index is 2.43. The van der Waals surface area contributed by atoms with E-state index < -0.39 is 0 Å². The normalized spacial score (nSPS) is 25.7. The second-order valence-corrected chi connectivity index (χ2v) is 2.88. The van der Waals surface area contributed by atoms with Crippen LogP contribution in [0.25, 0.3) is 0 Å². The molecule has 4 nitrogen and oxygen atoms in total. The van der Waals surface area contributed by atoms with E-state index in [1.807, 2.05) is 6.92 Å². The molecular formula is C7H14N2O2. The maximum Gasteiger partial charge on any atom is 0.409 e. The van der Waals surface area contributed by atoms with Crippen molar-refractivity contribution in [2.75, 3.05) is 13.7 Å². The molecule has 2 atom stereocenters. The lowest BCUT2D eigenvalue weighted by Gasteiger charge is -2.41. The molecule has 0 aromatic rings. The number of likely N-dealkylation sites (tertiary alicyclic amines) is 1. The number of hydrogen-bond acceptors (Lipinski definition) is 3. The fourth-order valence-electron chi connectivity index (χ4n) is 1.30. The van der Waals surface area contributed by atoms with Crippen molar-refractivity contribution in [1.82, 2.24) is 4.90 Å². The van der Waals surface area contributed by atoms with Crippen LogP contribution in [0.3, 0.4) is 0 Å². The monoisotopic (exact) mass is 158 g/mol. The number of ether oxygens (including phenoxy) is 1. The number of rotatable bonds is 1. The van der Waals surface area contributed by atoms with Crippen LogP contribution in [0.5, 0.6) is 0 Å². The average molecular weight is 158 g/mol. The second kappa shape index (κ2) is 3.09. The van der Waals surface area contributed by atoms with Gasteiger partial charge in [0.15, 0.2) is 0 Å². The summed E-state index contributed by atoms with van der Waals surface area (Å²) >= 11 is 0. The molecule has 0 radical (unpaired) electrons. The Morgan fingerprint density at radius 3 is 2.73 bits per heavy atom. The van der Waals surface area contributed by atoms with Crippen molar-refractivity contribution < 1.29 is 9.53 Å². The van der Waals surface area contributed by atoms with Crippen molar-refractivity contribution in [3.63, 3.8) is 0 Å². The maximum atomic E-state index is 11.0. The summed E-state index contributed by atoms with van der Waals surface area (Å²) in [7, 11) is 1.39. The molecule has 1 saturated heterocycles. The smallest absolute Gasteiger partial charge is 0.409 e. The third kappa shape index (κ3) is 1.45. The van der Waals surface area contributed by atoms with E-state index in [1.165, 1.54) is 7.11 Å². The minimum Gasteiger partial charge on any atom is -0.453 e. The Labute approximate surface area is 66.3 Å². The summed E-state index contributed by atoms with van der Waals surface area (Å²) in [6, 6.07) is 0.227. The number of hydrogen-bond donors (Lipinski definition) is 1. The number of methoxy groups -OCH3 is 1. The molecule has 1 aliphatic heterocycles. The van der Waals surface area contributed by atoms with E-state index in [1.54, 1.807) is 4.90 Å². The molecule has 1 amide bonds. The Bertz CT molecular complexity index is 159. The van der Waals surface area contributed by atoms with Crippen LogP contribution >= 0.6 is 0 Å². The average Bonchev–Trinajstić information content (AvgIpc) is 1.83. The SMILES string of the molecule is COC(=O)N1CCC1C(C)N. The van der Waals surface area contributed by atoms with Crippen molar-refractivity contribution >= 4 is 6.09 Å². The van der Waals surface area contributed by atoms with Gasteiger partial charge in [0.25, 0.3) is 0 Å². The number of amides is 1. The summed E-state index contributed by atoms with van der Waals surface area (Å²) in [6.07, 6.45) is 0.728. The predicted octanol–water partition coefficient (Wildman–Crippen LogP) is 0.174. The van der Waals surface area contributed by atoms with E-state index in [0.717, 1.165) is 13.0 Å². The van der Waals surface area contributed by atoms with E-state index in [9.17, 15) is 4.79 Å². The van der Waals surface area contributed by atoms with Gasteiger partial charge < -0.3 is 15.4 Å². The molecule has 1 rings (SSSR count). The number of carbonyl (C=O) groups excluding carboxylic acids is 1. The molecule has 1 heterocycles. The highest BCUT2D eigenvalue weighted by Gasteiger charge is 2.34. The highest BCUT2D eigenvalue weighted by Crippen LogP contribution is 2.19. The van der Waals surface area contributed by atoms with Gasteiger partial charge in [-0.2, -0.15) is 0 Å². The lowest BCUT2D eigenvalue weighted by Crippen LogP contribution is -2.58. The van der Waals surface area contributed by atoms with Gasteiger partial charge in [-0.15, -0.1) is 0 Å². The highest BCUT2D eigenvalue weighted by molar-refractivity contribution is 5.69. The molecule has 2 unspecified atom stereocenters. The summed E-state index contributed by atoms with van der Waals surface area (Å²) in [6.45, 7) is 2.68. The van der Waals surface area contributed by atoms with Crippen molar-refractivity contribution in [2.45, 2.75) is 25.4 Å². The lowest BCUT2D eigenvalue weighted by atomic mass is 9.98. The van der Waals surface area contributed by atoms with E-state index in [-0.39, 0.29) is 18.2 Å². The first-order valence-electron chi connectivity index (χ1n) is 3.77. The van der Waals surface area contributed by atoms with Crippen LogP contribution in [0.2, 0.25) is 0 Å². The van der Waals surface area contributed by atoms with Crippen LogP contribution in [-0.2, 0) is 4.74 Å². The Hall–Kier alpha value is -0.770. The number of nitrogens with zero attached hydrogens (tertiary/aromatic N) is 1. The number of nitrogens with two attached hydrogens (primary N) is 1. The molecule has 1 aliphatic rings. The molecule has 4 heteroatoms. The first kappa shape index (κ1) is 8.33. The van der Waals surface area contributed by atoms with Gasteiger partial charge in [-0.1, -0.05) is 0 Å². The lowest BCUT2D eigenvalue weighted by molar-refractivity contribution is 0.0532. The Morgan fingerprint density at radius 2 is 2.45 bits per heavy atom. The van der Waals surface area contributed by atoms with Gasteiger partial charge in [-0.3, -0.25) is 0 Å². The topological polar surface area (TPSA) is 55.6 Å². The standard InChI is InChI=1S/C7H14N2O2/c1-5(8)6-3-4-9(6)7(10)11-2/h5-6H,3-4,8H2,1-2H3. The molecule has 0 aromatic carbocycles. The molecule has 0 aromatic heterocycles. The first-order valence-corrected chi connectivity index (χ1v) is 3.77. The van der Waals surface area contributed by atoms with Gasteiger partial charge in [0.05, 0.1) is 13.2 Å². The highest BCUT2D eigenvalue weighted by atomic mass is 16.5. The third-order valence-electron chi connectivity index (χ3n) is 2.08. The van der Waals surface area contributed by atoms with Crippen LogP contribution in [0.1, 0.15) is 13.3 Å². The largest absolute Gasteiger partial charge is 0.453 e. The van der Waals surface area contributed by atoms with E-state index in [2.05, 4.69) is 4.74 Å².